The molecule has 1 N–H and O–H groups in total. The quantitative estimate of drug-likeness (QED) is 0.727. The van der Waals surface area contributed by atoms with Crippen molar-refractivity contribution in [3.8, 4) is 0 Å². The maximum atomic E-state index is 13.5. The zero-order valence-corrected chi connectivity index (χ0v) is 8.11. The topological polar surface area (TPSA) is 12.0 Å². The van der Waals surface area contributed by atoms with E-state index in [-0.39, 0.29) is 5.41 Å². The predicted molar refractivity (Wildman–Crippen MR) is 51.2 cm³/mol. The van der Waals surface area contributed by atoms with Crippen LogP contribution >= 0.6 is 0 Å². The highest BCUT2D eigenvalue weighted by molar-refractivity contribution is 5.29. The van der Waals surface area contributed by atoms with Crippen molar-refractivity contribution in [1.29, 1.82) is 0 Å². The Balaban J connectivity index is 2.45. The molecular weight excluding hydrogens is 184 g/mol. The number of hydrogen-bond acceptors (Lipinski definition) is 1. The second kappa shape index (κ2) is 3.31. The molecule has 0 radical (unpaired) electrons. The van der Waals surface area contributed by atoms with Gasteiger partial charge >= 0.3 is 0 Å². The van der Waals surface area contributed by atoms with Gasteiger partial charge < -0.3 is 5.32 Å². The molecule has 2 rings (SSSR count). The van der Waals surface area contributed by atoms with Crippen LogP contribution in [0.4, 0.5) is 8.78 Å². The van der Waals surface area contributed by atoms with Crippen molar-refractivity contribution in [3.63, 3.8) is 0 Å². The maximum Gasteiger partial charge on any atom is 0.162 e. The highest BCUT2D eigenvalue weighted by Gasteiger charge is 2.33. The molecule has 1 fully saturated rings. The van der Waals surface area contributed by atoms with Crippen LogP contribution in [-0.4, -0.2) is 13.1 Å². The van der Waals surface area contributed by atoms with E-state index in [0.717, 1.165) is 19.0 Å². The molecule has 1 aliphatic heterocycles. The molecule has 0 aromatic heterocycles. The lowest BCUT2D eigenvalue weighted by Crippen LogP contribution is -2.26. The first kappa shape index (κ1) is 9.59. The van der Waals surface area contributed by atoms with Crippen molar-refractivity contribution in [3.05, 3.63) is 35.4 Å². The van der Waals surface area contributed by atoms with Crippen molar-refractivity contribution in [1.82, 2.24) is 5.32 Å². The fraction of sp³-hybridized carbons (Fsp3) is 0.455. The van der Waals surface area contributed by atoms with Crippen LogP contribution in [0.25, 0.3) is 0 Å². The lowest BCUT2D eigenvalue weighted by atomic mass is 9.81. The molecule has 76 valence electrons. The first-order valence-corrected chi connectivity index (χ1v) is 4.79. The number of halogens is 2. The minimum absolute atomic E-state index is 0.258. The van der Waals surface area contributed by atoms with Gasteiger partial charge in [-0.2, -0.15) is 0 Å². The van der Waals surface area contributed by atoms with Crippen molar-refractivity contribution >= 4 is 0 Å². The van der Waals surface area contributed by atoms with E-state index >= 15 is 0 Å². The maximum absolute atomic E-state index is 13.5. The molecule has 1 saturated heterocycles. The molecule has 1 aromatic carbocycles. The molecule has 1 aliphatic rings. The standard InChI is InChI=1S/C11H13F2N/c1-11(5-6-14-7-11)8-3-2-4-9(12)10(8)13/h2-4,14H,5-7H2,1H3/t11-/m0/s1. The molecule has 0 aliphatic carbocycles. The Morgan fingerprint density at radius 2 is 2.14 bits per heavy atom. The lowest BCUT2D eigenvalue weighted by Gasteiger charge is -2.23. The average molecular weight is 197 g/mol. The second-order valence-corrected chi connectivity index (χ2v) is 4.09. The van der Waals surface area contributed by atoms with Gasteiger partial charge in [-0.05, 0) is 24.6 Å². The molecule has 0 spiro atoms. The molecule has 0 unspecified atom stereocenters. The third kappa shape index (κ3) is 1.42. The summed E-state index contributed by atoms with van der Waals surface area (Å²) in [5.74, 6) is -1.45. The summed E-state index contributed by atoms with van der Waals surface area (Å²) >= 11 is 0. The van der Waals surface area contributed by atoms with E-state index in [0.29, 0.717) is 12.1 Å². The van der Waals surface area contributed by atoms with Gasteiger partial charge in [0.15, 0.2) is 11.6 Å². The van der Waals surface area contributed by atoms with Crippen LogP contribution in [0.15, 0.2) is 18.2 Å². The fourth-order valence-corrected chi connectivity index (χ4v) is 2.02. The van der Waals surface area contributed by atoms with Crippen molar-refractivity contribution in [2.45, 2.75) is 18.8 Å². The van der Waals surface area contributed by atoms with E-state index in [1.165, 1.54) is 0 Å². The Morgan fingerprint density at radius 3 is 2.79 bits per heavy atom. The Bertz CT molecular complexity index is 343. The molecule has 1 heterocycles. The van der Waals surface area contributed by atoms with Crippen molar-refractivity contribution in [2.24, 2.45) is 0 Å². The van der Waals surface area contributed by atoms with Gasteiger partial charge in [0.25, 0.3) is 0 Å². The summed E-state index contributed by atoms with van der Waals surface area (Å²) in [7, 11) is 0. The number of nitrogens with one attached hydrogen (secondary N) is 1. The molecule has 1 nitrogen and oxygen atoms in total. The zero-order chi connectivity index (χ0) is 10.2. The van der Waals surface area contributed by atoms with Gasteiger partial charge in [-0.25, -0.2) is 8.78 Å². The first-order chi connectivity index (χ1) is 6.63. The van der Waals surface area contributed by atoms with Crippen molar-refractivity contribution < 1.29 is 8.78 Å². The summed E-state index contributed by atoms with van der Waals surface area (Å²) in [6.07, 6.45) is 0.855. The van der Waals surface area contributed by atoms with Gasteiger partial charge in [0.2, 0.25) is 0 Å². The van der Waals surface area contributed by atoms with Crippen LogP contribution in [0.1, 0.15) is 18.9 Å². The van der Waals surface area contributed by atoms with E-state index in [9.17, 15) is 8.78 Å². The van der Waals surface area contributed by atoms with E-state index in [2.05, 4.69) is 5.32 Å². The molecule has 1 atom stereocenters. The Hall–Kier alpha value is -0.960. The minimum atomic E-state index is -0.754. The number of hydrogen-bond donors (Lipinski definition) is 1. The largest absolute Gasteiger partial charge is 0.316 e. The zero-order valence-electron chi connectivity index (χ0n) is 8.11. The van der Waals surface area contributed by atoms with Gasteiger partial charge in [0.05, 0.1) is 0 Å². The molecule has 0 saturated carbocycles. The van der Waals surface area contributed by atoms with E-state index in [4.69, 9.17) is 0 Å². The Labute approximate surface area is 82.1 Å². The van der Waals surface area contributed by atoms with Gasteiger partial charge in [-0.1, -0.05) is 19.1 Å². The molecule has 0 amide bonds. The van der Waals surface area contributed by atoms with Crippen LogP contribution < -0.4 is 5.32 Å². The van der Waals surface area contributed by atoms with Crippen LogP contribution in [0.2, 0.25) is 0 Å². The van der Waals surface area contributed by atoms with Crippen LogP contribution in [0.3, 0.4) is 0 Å². The SMILES string of the molecule is C[C@]1(c2cccc(F)c2F)CCNC1. The molecule has 14 heavy (non-hydrogen) atoms. The van der Waals surface area contributed by atoms with Crippen LogP contribution in [-0.2, 0) is 5.41 Å². The first-order valence-electron chi connectivity index (χ1n) is 4.79. The summed E-state index contributed by atoms with van der Waals surface area (Å²) in [6.45, 7) is 3.55. The van der Waals surface area contributed by atoms with E-state index in [1.807, 2.05) is 6.92 Å². The highest BCUT2D eigenvalue weighted by atomic mass is 19.2. The Kier molecular flexibility index (Phi) is 2.27. The number of rotatable bonds is 1. The molecular formula is C11H13F2N. The van der Waals surface area contributed by atoms with Crippen LogP contribution in [0, 0.1) is 11.6 Å². The van der Waals surface area contributed by atoms with Crippen molar-refractivity contribution in [2.75, 3.05) is 13.1 Å². The lowest BCUT2D eigenvalue weighted by molar-refractivity contribution is 0.445. The minimum Gasteiger partial charge on any atom is -0.316 e. The summed E-state index contributed by atoms with van der Waals surface area (Å²) in [5, 5.41) is 3.17. The van der Waals surface area contributed by atoms with E-state index < -0.39 is 11.6 Å². The molecule has 3 heteroatoms. The summed E-state index contributed by atoms with van der Waals surface area (Å²) in [4.78, 5) is 0. The van der Waals surface area contributed by atoms with Gasteiger partial charge in [0, 0.05) is 12.0 Å². The summed E-state index contributed by atoms with van der Waals surface area (Å²) < 4.78 is 26.5. The predicted octanol–water partition coefficient (Wildman–Crippen LogP) is 2.22. The second-order valence-electron chi connectivity index (χ2n) is 4.09. The number of benzene rings is 1. The summed E-state index contributed by atoms with van der Waals surface area (Å²) in [5.41, 5.74) is 0.231. The Morgan fingerprint density at radius 1 is 1.36 bits per heavy atom. The molecule has 1 aromatic rings. The van der Waals surface area contributed by atoms with Gasteiger partial charge in [-0.3, -0.25) is 0 Å². The van der Waals surface area contributed by atoms with Gasteiger partial charge in [0.1, 0.15) is 0 Å². The van der Waals surface area contributed by atoms with Crippen LogP contribution in [0.5, 0.6) is 0 Å². The fourth-order valence-electron chi connectivity index (χ4n) is 2.02. The monoisotopic (exact) mass is 197 g/mol. The van der Waals surface area contributed by atoms with E-state index in [1.54, 1.807) is 12.1 Å². The highest BCUT2D eigenvalue weighted by Crippen LogP contribution is 2.32. The van der Waals surface area contributed by atoms with Gasteiger partial charge in [-0.15, -0.1) is 0 Å². The normalized spacial score (nSPS) is 26.8. The smallest absolute Gasteiger partial charge is 0.162 e. The summed E-state index contributed by atoms with van der Waals surface area (Å²) in [6, 6.07) is 4.40. The average Bonchev–Trinajstić information content (AvgIpc) is 2.58. The third-order valence-electron chi connectivity index (χ3n) is 2.97. The third-order valence-corrected chi connectivity index (χ3v) is 2.97. The molecule has 0 bridgehead atoms.